The summed E-state index contributed by atoms with van der Waals surface area (Å²) < 4.78 is 23.7. The van der Waals surface area contributed by atoms with Gasteiger partial charge in [0.25, 0.3) is 0 Å². The van der Waals surface area contributed by atoms with Gasteiger partial charge in [-0.15, -0.1) is 0 Å². The minimum absolute atomic E-state index is 0.0461. The Labute approximate surface area is 458 Å². The molecule has 8 nitrogen and oxygen atoms in total. The molecule has 3 N–H and O–H groups in total. The third-order valence-corrected chi connectivity index (χ3v) is 14.2. The monoisotopic (exact) mass is 1050 g/mol. The molecule has 9 heteroatoms. The van der Waals surface area contributed by atoms with E-state index in [9.17, 15) is 19.4 Å². The first-order valence-electron chi connectivity index (χ1n) is 30.6. The molecule has 0 radical (unpaired) electrons. The second kappa shape index (κ2) is 55.2. The van der Waals surface area contributed by atoms with Crippen LogP contribution in [0.2, 0.25) is 0 Å². The second-order valence-electron chi connectivity index (χ2n) is 21.7. The maximum absolute atomic E-state index is 13.0. The number of aliphatic hydroxyl groups is 1. The quantitative estimate of drug-likeness (QED) is 0.0243. The second-order valence-corrected chi connectivity index (χ2v) is 23.1. The van der Waals surface area contributed by atoms with E-state index in [1.807, 2.05) is 27.2 Å². The van der Waals surface area contributed by atoms with E-state index in [0.29, 0.717) is 17.4 Å². The zero-order valence-electron chi connectivity index (χ0n) is 48.8. The number of amides is 1. The van der Waals surface area contributed by atoms with Gasteiger partial charge in [-0.25, -0.2) is 4.57 Å². The SMILES string of the molecule is CC/C=C\C/C=C\C/C=C\C/C=C\C/C=C\CCCCCCCCCC(=O)NC(COP(=O)(O)OCC[N+](C)(C)C)C(O)/C=C/CC/C=C/CC/C=C/CCCCCCCCCCCCCCCCCCCCC. The highest BCUT2D eigenvalue weighted by Gasteiger charge is 2.27. The van der Waals surface area contributed by atoms with Gasteiger partial charge in [0.1, 0.15) is 13.2 Å². The molecule has 0 aliphatic heterocycles. The Morgan fingerprint density at radius 2 is 0.824 bits per heavy atom. The maximum Gasteiger partial charge on any atom is 0.472 e. The van der Waals surface area contributed by atoms with Crippen molar-refractivity contribution < 1.29 is 32.9 Å². The largest absolute Gasteiger partial charge is 0.472 e. The first kappa shape index (κ1) is 71.4. The minimum atomic E-state index is -4.37. The zero-order chi connectivity index (χ0) is 54.2. The third-order valence-electron chi connectivity index (χ3n) is 13.3. The topological polar surface area (TPSA) is 105 Å². The predicted octanol–water partition coefficient (Wildman–Crippen LogP) is 19.0. The third kappa shape index (κ3) is 57.1. The van der Waals surface area contributed by atoms with Crippen LogP contribution in [0.5, 0.6) is 0 Å². The van der Waals surface area contributed by atoms with Crippen molar-refractivity contribution in [3.63, 3.8) is 0 Å². The average Bonchev–Trinajstić information content (AvgIpc) is 3.36. The van der Waals surface area contributed by atoms with Crippen LogP contribution in [0.3, 0.4) is 0 Å². The Bertz CT molecular complexity index is 1520. The Morgan fingerprint density at radius 3 is 1.24 bits per heavy atom. The summed E-state index contributed by atoms with van der Waals surface area (Å²) in [5, 5.41) is 13.9. The molecule has 74 heavy (non-hydrogen) atoms. The first-order valence-corrected chi connectivity index (χ1v) is 32.1. The van der Waals surface area contributed by atoms with E-state index in [4.69, 9.17) is 9.05 Å². The summed E-state index contributed by atoms with van der Waals surface area (Å²) in [6.07, 6.45) is 79.6. The lowest BCUT2D eigenvalue weighted by Gasteiger charge is -2.25. The highest BCUT2D eigenvalue weighted by atomic mass is 31.2. The number of quaternary nitrogens is 1. The Morgan fingerprint density at radius 1 is 0.473 bits per heavy atom. The van der Waals surface area contributed by atoms with Crippen LogP contribution in [0.4, 0.5) is 0 Å². The molecular weight excluding hydrogens is 936 g/mol. The molecule has 0 rings (SSSR count). The molecule has 428 valence electrons. The van der Waals surface area contributed by atoms with E-state index in [1.54, 1.807) is 6.08 Å². The first-order chi connectivity index (χ1) is 36.0. The number of phosphoric ester groups is 1. The van der Waals surface area contributed by atoms with Crippen molar-refractivity contribution in [2.75, 3.05) is 40.9 Å². The van der Waals surface area contributed by atoms with Crippen molar-refractivity contribution in [2.45, 2.75) is 270 Å². The van der Waals surface area contributed by atoms with Gasteiger partial charge in [-0.1, -0.05) is 259 Å². The molecule has 0 aromatic carbocycles. The van der Waals surface area contributed by atoms with Crippen LogP contribution in [0.25, 0.3) is 0 Å². The van der Waals surface area contributed by atoms with E-state index in [1.165, 1.54) is 148 Å². The van der Waals surface area contributed by atoms with Crippen LogP contribution >= 0.6 is 7.82 Å². The molecule has 0 aliphatic rings. The fourth-order valence-electron chi connectivity index (χ4n) is 8.51. The molecule has 3 atom stereocenters. The molecule has 0 fully saturated rings. The number of allylic oxidation sites excluding steroid dienone is 15. The number of likely N-dealkylation sites (N-methyl/N-ethyl adjacent to an activating group) is 1. The fraction of sp³-hybridized carbons (Fsp3) is 0.738. The summed E-state index contributed by atoms with van der Waals surface area (Å²) in [5.41, 5.74) is 0. The van der Waals surface area contributed by atoms with Gasteiger partial charge in [0.05, 0.1) is 39.9 Å². The Kier molecular flexibility index (Phi) is 53.3. The molecule has 0 aliphatic carbocycles. The number of hydrogen-bond acceptors (Lipinski definition) is 5. The van der Waals surface area contributed by atoms with Gasteiger partial charge in [0.2, 0.25) is 5.91 Å². The molecule has 0 aromatic rings. The number of rotatable bonds is 55. The highest BCUT2D eigenvalue weighted by Crippen LogP contribution is 2.43. The van der Waals surface area contributed by atoms with E-state index in [-0.39, 0.29) is 19.1 Å². The van der Waals surface area contributed by atoms with Crippen LogP contribution in [-0.4, -0.2) is 73.4 Å². The summed E-state index contributed by atoms with van der Waals surface area (Å²) >= 11 is 0. The van der Waals surface area contributed by atoms with E-state index in [2.05, 4.69) is 104 Å². The lowest BCUT2D eigenvalue weighted by atomic mass is 10.0. The van der Waals surface area contributed by atoms with Crippen molar-refractivity contribution in [1.29, 1.82) is 0 Å². The minimum Gasteiger partial charge on any atom is -0.387 e. The highest BCUT2D eigenvalue weighted by molar-refractivity contribution is 7.47. The molecule has 3 unspecified atom stereocenters. The van der Waals surface area contributed by atoms with Crippen LogP contribution in [0.1, 0.15) is 258 Å². The van der Waals surface area contributed by atoms with Crippen LogP contribution in [0.15, 0.2) is 97.2 Å². The number of nitrogens with zero attached hydrogens (tertiary/aromatic N) is 1. The fourth-order valence-corrected chi connectivity index (χ4v) is 9.25. The maximum atomic E-state index is 13.0. The van der Waals surface area contributed by atoms with E-state index < -0.39 is 20.0 Å². The van der Waals surface area contributed by atoms with Crippen molar-refractivity contribution in [3.05, 3.63) is 97.2 Å². The molecule has 0 spiro atoms. The number of nitrogens with one attached hydrogen (secondary N) is 1. The number of phosphoric acid groups is 1. The van der Waals surface area contributed by atoms with E-state index >= 15 is 0 Å². The number of unbranched alkanes of at least 4 members (excludes halogenated alkanes) is 28. The van der Waals surface area contributed by atoms with Gasteiger partial charge in [0.15, 0.2) is 0 Å². The molecule has 0 saturated heterocycles. The van der Waals surface area contributed by atoms with Crippen molar-refractivity contribution in [2.24, 2.45) is 0 Å². The summed E-state index contributed by atoms with van der Waals surface area (Å²) in [5.74, 6) is -0.204. The van der Waals surface area contributed by atoms with Crippen LogP contribution in [-0.2, 0) is 18.4 Å². The van der Waals surface area contributed by atoms with Gasteiger partial charge >= 0.3 is 7.82 Å². The van der Waals surface area contributed by atoms with Gasteiger partial charge in [0, 0.05) is 6.42 Å². The lowest BCUT2D eigenvalue weighted by molar-refractivity contribution is -0.870. The van der Waals surface area contributed by atoms with Crippen LogP contribution < -0.4 is 5.32 Å². The Balaban J connectivity index is 4.28. The molecule has 0 heterocycles. The van der Waals surface area contributed by atoms with Gasteiger partial charge < -0.3 is 19.8 Å². The van der Waals surface area contributed by atoms with Crippen molar-refractivity contribution >= 4 is 13.7 Å². The van der Waals surface area contributed by atoms with Gasteiger partial charge in [-0.3, -0.25) is 13.8 Å². The molecule has 0 bridgehead atoms. The molecule has 0 aromatic heterocycles. The Hall–Kier alpha value is -2.58. The number of carbonyl (C=O) groups is 1. The van der Waals surface area contributed by atoms with Crippen LogP contribution in [0, 0.1) is 0 Å². The molecular formula is C65H118N2O6P+. The number of carbonyl (C=O) groups excluding carboxylic acids is 1. The smallest absolute Gasteiger partial charge is 0.387 e. The average molecular weight is 1050 g/mol. The van der Waals surface area contributed by atoms with E-state index in [0.717, 1.165) is 89.9 Å². The number of hydrogen-bond donors (Lipinski definition) is 3. The predicted molar refractivity (Wildman–Crippen MR) is 322 cm³/mol. The molecule has 0 saturated carbocycles. The summed E-state index contributed by atoms with van der Waals surface area (Å²) in [6, 6.07) is -0.884. The summed E-state index contributed by atoms with van der Waals surface area (Å²) in [4.78, 5) is 23.3. The van der Waals surface area contributed by atoms with Gasteiger partial charge in [-0.2, -0.15) is 0 Å². The van der Waals surface area contributed by atoms with Crippen molar-refractivity contribution in [3.8, 4) is 0 Å². The zero-order valence-corrected chi connectivity index (χ0v) is 49.7. The van der Waals surface area contributed by atoms with Gasteiger partial charge in [-0.05, 0) is 89.9 Å². The summed E-state index contributed by atoms with van der Waals surface area (Å²) in [6.45, 7) is 4.67. The molecule has 1 amide bonds. The van der Waals surface area contributed by atoms with Crippen molar-refractivity contribution in [1.82, 2.24) is 5.32 Å². The normalized spacial score (nSPS) is 14.5. The summed E-state index contributed by atoms with van der Waals surface area (Å²) in [7, 11) is 1.53. The standard InChI is InChI=1S/C65H117N2O6P/c1-6-8-10-12-14-16-18-20-22-24-26-28-30-31-32-33-34-35-37-38-40-42-44-46-48-50-52-54-56-58-64(68)63(62-73-74(70,71)72-61-60-67(3,4)5)66-65(69)59-57-55-53-51-49-47-45-43-41-39-36-29-27-25-23-21-19-17-15-13-11-9-7-2/h9,11,15,17,21,23,27,29,39-42,48,50,56,58,63-64,68H,6-8,10,12-14,16,18-20,22,24-26,28,30-38,43-47,49,51-55,57,59-62H2,1-5H3,(H-,66,69,70,71)/p+1/b11-9-,17-15-,23-21-,29-27-,41-39-,42-40+,50-48+,58-56+. The lowest BCUT2D eigenvalue weighted by Crippen LogP contribution is -2.45. The number of aliphatic hydroxyl groups excluding tert-OH is 1.